The minimum Gasteiger partial charge on any atom is -0.497 e. The molecule has 0 spiro atoms. The Hall–Kier alpha value is -1.02. The largest absolute Gasteiger partial charge is 0.497 e. The summed E-state index contributed by atoms with van der Waals surface area (Å²) in [5, 5.41) is 0. The quantitative estimate of drug-likeness (QED) is 0.737. The summed E-state index contributed by atoms with van der Waals surface area (Å²) < 4.78 is 5.47. The van der Waals surface area contributed by atoms with Gasteiger partial charge in [-0.25, -0.2) is 0 Å². The average molecular weight is 289 g/mol. The lowest BCUT2D eigenvalue weighted by Crippen LogP contribution is -2.36. The Kier molecular flexibility index (Phi) is 5.32. The van der Waals surface area contributed by atoms with E-state index in [1.807, 2.05) is 0 Å². The molecule has 2 heteroatoms. The summed E-state index contributed by atoms with van der Waals surface area (Å²) in [6.07, 6.45) is 7.55. The first-order valence-corrected chi connectivity index (χ1v) is 8.40. The Morgan fingerprint density at radius 1 is 1.29 bits per heavy atom. The molecule has 0 saturated carbocycles. The fraction of sp³-hybridized carbons (Fsp3) is 0.684. The van der Waals surface area contributed by atoms with Crippen molar-refractivity contribution < 1.29 is 4.74 Å². The van der Waals surface area contributed by atoms with Crippen LogP contribution < -0.4 is 4.74 Å². The lowest BCUT2D eigenvalue weighted by molar-refractivity contribution is 0.204. The molecule has 0 aliphatic heterocycles. The van der Waals surface area contributed by atoms with E-state index in [0.717, 1.165) is 5.75 Å². The lowest BCUT2D eigenvalue weighted by atomic mass is 9.73. The fourth-order valence-electron chi connectivity index (χ4n) is 3.95. The Morgan fingerprint density at radius 2 is 2.05 bits per heavy atom. The van der Waals surface area contributed by atoms with E-state index in [1.165, 1.54) is 44.1 Å². The Bertz CT molecular complexity index is 469. The van der Waals surface area contributed by atoms with E-state index in [4.69, 9.17) is 4.74 Å². The molecular formula is C19H31NO. The van der Waals surface area contributed by atoms with Gasteiger partial charge in [0.1, 0.15) is 5.75 Å². The molecule has 1 aliphatic carbocycles. The number of nitrogens with zero attached hydrogens (tertiary/aromatic N) is 1. The molecule has 0 bridgehead atoms. The minimum atomic E-state index is 0.341. The molecule has 0 amide bonds. The van der Waals surface area contributed by atoms with Crippen LogP contribution in [0.2, 0.25) is 0 Å². The Labute approximate surface area is 130 Å². The molecule has 0 radical (unpaired) electrons. The first kappa shape index (κ1) is 16.4. The van der Waals surface area contributed by atoms with Gasteiger partial charge >= 0.3 is 0 Å². The molecule has 0 aromatic heterocycles. The third-order valence-corrected chi connectivity index (χ3v) is 5.42. The second kappa shape index (κ2) is 6.83. The fourth-order valence-corrected chi connectivity index (χ4v) is 3.95. The monoisotopic (exact) mass is 289 g/mol. The third-order valence-electron chi connectivity index (χ3n) is 5.42. The predicted molar refractivity (Wildman–Crippen MR) is 90.3 cm³/mol. The van der Waals surface area contributed by atoms with Crippen LogP contribution in [0.3, 0.4) is 0 Å². The molecule has 21 heavy (non-hydrogen) atoms. The van der Waals surface area contributed by atoms with Gasteiger partial charge in [0.25, 0.3) is 0 Å². The summed E-state index contributed by atoms with van der Waals surface area (Å²) >= 11 is 0. The molecule has 0 heterocycles. The van der Waals surface area contributed by atoms with Crippen molar-refractivity contribution in [1.29, 1.82) is 0 Å². The molecule has 2 atom stereocenters. The van der Waals surface area contributed by atoms with E-state index >= 15 is 0 Å². The topological polar surface area (TPSA) is 12.5 Å². The van der Waals surface area contributed by atoms with Gasteiger partial charge in [-0.1, -0.05) is 26.3 Å². The first-order valence-electron chi connectivity index (χ1n) is 8.40. The summed E-state index contributed by atoms with van der Waals surface area (Å²) in [4.78, 5) is 2.42. The second-order valence-electron chi connectivity index (χ2n) is 6.77. The van der Waals surface area contributed by atoms with Crippen LogP contribution in [-0.2, 0) is 11.8 Å². The van der Waals surface area contributed by atoms with E-state index in [0.29, 0.717) is 11.5 Å². The molecule has 1 aromatic rings. The van der Waals surface area contributed by atoms with Crippen molar-refractivity contribution in [3.8, 4) is 5.75 Å². The van der Waals surface area contributed by atoms with Crippen LogP contribution in [0.25, 0.3) is 0 Å². The Balaban J connectivity index is 2.32. The van der Waals surface area contributed by atoms with Crippen molar-refractivity contribution in [3.63, 3.8) is 0 Å². The highest BCUT2D eigenvalue weighted by molar-refractivity contribution is 5.44. The third kappa shape index (κ3) is 3.26. The van der Waals surface area contributed by atoms with Crippen molar-refractivity contribution in [2.45, 2.75) is 63.8 Å². The van der Waals surface area contributed by atoms with Crippen LogP contribution >= 0.6 is 0 Å². The number of fused-ring (bicyclic) bond motifs is 1. The number of hydrogen-bond acceptors (Lipinski definition) is 2. The molecule has 2 nitrogen and oxygen atoms in total. The van der Waals surface area contributed by atoms with Gasteiger partial charge in [0.05, 0.1) is 7.11 Å². The first-order chi connectivity index (χ1) is 10.1. The number of rotatable bonds is 7. The van der Waals surface area contributed by atoms with Crippen molar-refractivity contribution in [3.05, 3.63) is 29.3 Å². The van der Waals surface area contributed by atoms with E-state index in [-0.39, 0.29) is 0 Å². The predicted octanol–water partition coefficient (Wildman–Crippen LogP) is 4.41. The number of ether oxygens (including phenoxy) is 1. The second-order valence-corrected chi connectivity index (χ2v) is 6.77. The van der Waals surface area contributed by atoms with E-state index in [1.54, 1.807) is 12.7 Å². The van der Waals surface area contributed by atoms with E-state index in [9.17, 15) is 0 Å². The highest BCUT2D eigenvalue weighted by atomic mass is 16.5. The standard InChI is InChI=1S/C19H31NO/c1-6-8-16(20(3)4)14-19(7-2)12-11-15-9-10-17(21-5)13-18(15)19/h9-10,13,16H,6-8,11-12,14H2,1-5H3/t16-,19?/m1/s1. The van der Waals surface area contributed by atoms with Gasteiger partial charge in [0, 0.05) is 6.04 Å². The maximum absolute atomic E-state index is 5.47. The van der Waals surface area contributed by atoms with E-state index in [2.05, 4.69) is 51.0 Å². The molecule has 0 fully saturated rings. The van der Waals surface area contributed by atoms with Crippen LogP contribution in [0, 0.1) is 0 Å². The number of benzene rings is 1. The van der Waals surface area contributed by atoms with Crippen LogP contribution in [0.15, 0.2) is 18.2 Å². The highest BCUT2D eigenvalue weighted by Gasteiger charge is 2.39. The van der Waals surface area contributed by atoms with Crippen molar-refractivity contribution >= 4 is 0 Å². The normalized spacial score (nSPS) is 22.4. The maximum atomic E-state index is 5.47. The van der Waals surface area contributed by atoms with Crippen LogP contribution in [-0.4, -0.2) is 32.1 Å². The van der Waals surface area contributed by atoms with Gasteiger partial charge < -0.3 is 9.64 Å². The van der Waals surface area contributed by atoms with Gasteiger partial charge in [-0.3, -0.25) is 0 Å². The van der Waals surface area contributed by atoms with E-state index < -0.39 is 0 Å². The SMILES string of the molecule is CCC[C@H](CC1(CC)CCc2ccc(OC)cc21)N(C)C. The molecule has 1 unspecified atom stereocenters. The number of aryl methyl sites for hydroxylation is 1. The molecule has 2 rings (SSSR count). The summed E-state index contributed by atoms with van der Waals surface area (Å²) in [7, 11) is 6.22. The molecule has 1 aromatic carbocycles. The van der Waals surface area contributed by atoms with Gasteiger partial charge in [-0.15, -0.1) is 0 Å². The molecule has 118 valence electrons. The number of hydrogen-bond donors (Lipinski definition) is 0. The Morgan fingerprint density at radius 3 is 2.62 bits per heavy atom. The van der Waals surface area contributed by atoms with Gasteiger partial charge in [-0.2, -0.15) is 0 Å². The lowest BCUT2D eigenvalue weighted by Gasteiger charge is -2.36. The minimum absolute atomic E-state index is 0.341. The molecular weight excluding hydrogens is 258 g/mol. The van der Waals surface area contributed by atoms with Crippen molar-refractivity contribution in [1.82, 2.24) is 4.90 Å². The van der Waals surface area contributed by atoms with Gasteiger partial charge in [0.2, 0.25) is 0 Å². The van der Waals surface area contributed by atoms with Crippen LogP contribution in [0.1, 0.15) is 57.1 Å². The molecule has 1 aliphatic rings. The summed E-state index contributed by atoms with van der Waals surface area (Å²) in [6.45, 7) is 4.65. The maximum Gasteiger partial charge on any atom is 0.119 e. The zero-order chi connectivity index (χ0) is 15.5. The summed E-state index contributed by atoms with van der Waals surface area (Å²) in [5.41, 5.74) is 3.42. The summed E-state index contributed by atoms with van der Waals surface area (Å²) in [5.74, 6) is 1.00. The zero-order valence-electron chi connectivity index (χ0n) is 14.4. The molecule has 0 saturated heterocycles. The smallest absolute Gasteiger partial charge is 0.119 e. The summed E-state index contributed by atoms with van der Waals surface area (Å²) in [6, 6.07) is 7.35. The number of methoxy groups -OCH3 is 1. The van der Waals surface area contributed by atoms with Gasteiger partial charge in [-0.05, 0) is 74.9 Å². The van der Waals surface area contributed by atoms with Crippen molar-refractivity contribution in [2.24, 2.45) is 0 Å². The van der Waals surface area contributed by atoms with Crippen LogP contribution in [0.4, 0.5) is 0 Å². The van der Waals surface area contributed by atoms with Crippen molar-refractivity contribution in [2.75, 3.05) is 21.2 Å². The highest BCUT2D eigenvalue weighted by Crippen LogP contribution is 2.46. The molecule has 0 N–H and O–H groups in total. The van der Waals surface area contributed by atoms with Gasteiger partial charge in [0.15, 0.2) is 0 Å². The average Bonchev–Trinajstić information content (AvgIpc) is 2.85. The van der Waals surface area contributed by atoms with Crippen LogP contribution in [0.5, 0.6) is 5.75 Å². The zero-order valence-corrected chi connectivity index (χ0v) is 14.4.